The van der Waals surface area contributed by atoms with E-state index in [1.54, 1.807) is 12.1 Å². The molecule has 22 heavy (non-hydrogen) atoms. The second kappa shape index (κ2) is 7.23. The first-order chi connectivity index (χ1) is 10.7. The molecule has 2 aliphatic rings. The average molecular weight is 305 g/mol. The summed E-state index contributed by atoms with van der Waals surface area (Å²) in [5.74, 6) is 0.349. The van der Waals surface area contributed by atoms with Crippen molar-refractivity contribution < 1.29 is 14.1 Å². The van der Waals surface area contributed by atoms with E-state index >= 15 is 0 Å². The zero-order valence-corrected chi connectivity index (χ0v) is 13.2. The number of carbonyl (C=O) groups excluding carboxylic acids is 1. The molecule has 0 spiro atoms. The largest absolute Gasteiger partial charge is 0.342 e. The minimum Gasteiger partial charge on any atom is -0.342 e. The van der Waals surface area contributed by atoms with Gasteiger partial charge in [-0.15, -0.1) is 0 Å². The number of quaternary nitrogens is 1. The summed E-state index contributed by atoms with van der Waals surface area (Å²) < 4.78 is 13.3. The predicted molar refractivity (Wildman–Crippen MR) is 84.0 cm³/mol. The smallest absolute Gasteiger partial charge is 0.231 e. The normalized spacial score (nSPS) is 26.0. The fourth-order valence-electron chi connectivity index (χ4n) is 3.83. The maximum absolute atomic E-state index is 13.3. The van der Waals surface area contributed by atoms with Crippen LogP contribution in [0, 0.1) is 11.7 Å². The van der Waals surface area contributed by atoms with Gasteiger partial charge in [0.15, 0.2) is 0 Å². The highest BCUT2D eigenvalue weighted by Gasteiger charge is 2.32. The molecule has 1 N–H and O–H groups in total. The summed E-state index contributed by atoms with van der Waals surface area (Å²) in [5, 5.41) is 0. The number of hydrogen-bond acceptors (Lipinski definition) is 1. The third kappa shape index (κ3) is 3.86. The third-order valence-electron chi connectivity index (χ3n) is 4.98. The van der Waals surface area contributed by atoms with Crippen LogP contribution in [0.2, 0.25) is 0 Å². The van der Waals surface area contributed by atoms with E-state index in [4.69, 9.17) is 0 Å². The van der Waals surface area contributed by atoms with Crippen LogP contribution >= 0.6 is 0 Å². The lowest BCUT2D eigenvalue weighted by molar-refractivity contribution is -0.921. The van der Waals surface area contributed by atoms with Crippen LogP contribution in [0.4, 0.5) is 4.39 Å². The Bertz CT molecular complexity index is 514. The molecule has 1 unspecified atom stereocenters. The Hall–Kier alpha value is -1.42. The highest BCUT2D eigenvalue weighted by atomic mass is 19.1. The van der Waals surface area contributed by atoms with Gasteiger partial charge in [0.25, 0.3) is 0 Å². The summed E-state index contributed by atoms with van der Waals surface area (Å²) in [7, 11) is 0. The Kier molecular flexibility index (Phi) is 5.08. The van der Waals surface area contributed by atoms with E-state index in [0.29, 0.717) is 5.91 Å². The fourth-order valence-corrected chi connectivity index (χ4v) is 3.83. The minimum atomic E-state index is -0.171. The SMILES string of the molecule is O=C([C@@H]1CCC[NH+](Cc2cccc(F)c2)C1)N1CCCCC1. The summed E-state index contributed by atoms with van der Waals surface area (Å²) in [6, 6.07) is 6.84. The Morgan fingerprint density at radius 1 is 1.23 bits per heavy atom. The first-order valence-corrected chi connectivity index (χ1v) is 8.59. The van der Waals surface area contributed by atoms with Crippen molar-refractivity contribution in [3.8, 4) is 0 Å². The lowest BCUT2D eigenvalue weighted by Crippen LogP contribution is -3.12. The molecule has 1 aromatic carbocycles. The summed E-state index contributed by atoms with van der Waals surface area (Å²) in [6.07, 6.45) is 5.67. The van der Waals surface area contributed by atoms with Crippen LogP contribution < -0.4 is 4.90 Å². The van der Waals surface area contributed by atoms with E-state index in [2.05, 4.69) is 4.90 Å². The van der Waals surface area contributed by atoms with Crippen LogP contribution in [0.1, 0.15) is 37.7 Å². The number of nitrogens with one attached hydrogen (secondary N) is 1. The van der Waals surface area contributed by atoms with E-state index in [1.807, 2.05) is 6.07 Å². The molecule has 3 rings (SSSR count). The molecule has 0 saturated carbocycles. The van der Waals surface area contributed by atoms with Gasteiger partial charge in [-0.2, -0.15) is 0 Å². The second-order valence-corrected chi connectivity index (χ2v) is 6.74. The standard InChI is InChI=1S/C18H25FN2O/c19-17-8-4-6-15(12-17)13-20-9-5-7-16(14-20)18(22)21-10-2-1-3-11-21/h4,6,8,12,16H,1-3,5,7,9-11,13-14H2/p+1/t16-/m1/s1. The zero-order valence-electron chi connectivity index (χ0n) is 13.2. The fraction of sp³-hybridized carbons (Fsp3) is 0.611. The Morgan fingerprint density at radius 2 is 2.05 bits per heavy atom. The molecule has 120 valence electrons. The molecule has 2 fully saturated rings. The first-order valence-electron chi connectivity index (χ1n) is 8.59. The Morgan fingerprint density at radius 3 is 2.82 bits per heavy atom. The van der Waals surface area contributed by atoms with Crippen molar-refractivity contribution in [1.29, 1.82) is 0 Å². The average Bonchev–Trinajstić information content (AvgIpc) is 2.55. The van der Waals surface area contributed by atoms with E-state index in [1.165, 1.54) is 17.4 Å². The van der Waals surface area contributed by atoms with Crippen molar-refractivity contribution in [2.45, 2.75) is 38.6 Å². The van der Waals surface area contributed by atoms with E-state index < -0.39 is 0 Å². The van der Waals surface area contributed by atoms with Gasteiger partial charge < -0.3 is 9.80 Å². The van der Waals surface area contributed by atoms with Crippen LogP contribution in [0.3, 0.4) is 0 Å². The maximum atomic E-state index is 13.3. The van der Waals surface area contributed by atoms with Crippen LogP contribution in [0.15, 0.2) is 24.3 Å². The molecule has 2 saturated heterocycles. The monoisotopic (exact) mass is 305 g/mol. The third-order valence-corrected chi connectivity index (χ3v) is 4.98. The number of likely N-dealkylation sites (tertiary alicyclic amines) is 2. The van der Waals surface area contributed by atoms with E-state index in [-0.39, 0.29) is 11.7 Å². The summed E-state index contributed by atoms with van der Waals surface area (Å²) in [4.78, 5) is 16.1. The lowest BCUT2D eigenvalue weighted by atomic mass is 9.95. The molecule has 0 radical (unpaired) electrons. The molecule has 2 aliphatic heterocycles. The molecule has 4 heteroatoms. The number of amides is 1. The van der Waals surface area contributed by atoms with Crippen molar-refractivity contribution in [3.63, 3.8) is 0 Å². The van der Waals surface area contributed by atoms with Gasteiger partial charge in [-0.05, 0) is 44.2 Å². The van der Waals surface area contributed by atoms with Crippen molar-refractivity contribution >= 4 is 5.91 Å². The Balaban J connectivity index is 1.57. The molecule has 2 atom stereocenters. The minimum absolute atomic E-state index is 0.162. The van der Waals surface area contributed by atoms with Crippen molar-refractivity contribution in [2.75, 3.05) is 26.2 Å². The van der Waals surface area contributed by atoms with Crippen molar-refractivity contribution in [3.05, 3.63) is 35.6 Å². The van der Waals surface area contributed by atoms with Crippen LogP contribution in [-0.4, -0.2) is 37.0 Å². The predicted octanol–water partition coefficient (Wildman–Crippen LogP) is 1.63. The van der Waals surface area contributed by atoms with Gasteiger partial charge >= 0.3 is 0 Å². The van der Waals surface area contributed by atoms with Gasteiger partial charge in [0.1, 0.15) is 12.4 Å². The topological polar surface area (TPSA) is 24.8 Å². The summed E-state index contributed by atoms with van der Waals surface area (Å²) in [5.41, 5.74) is 1.03. The maximum Gasteiger partial charge on any atom is 0.231 e. The van der Waals surface area contributed by atoms with Gasteiger partial charge in [0, 0.05) is 18.7 Å². The van der Waals surface area contributed by atoms with Crippen LogP contribution in [0.25, 0.3) is 0 Å². The number of piperidine rings is 2. The molecule has 1 amide bonds. The van der Waals surface area contributed by atoms with E-state index in [0.717, 1.165) is 64.0 Å². The van der Waals surface area contributed by atoms with Crippen molar-refractivity contribution in [1.82, 2.24) is 4.90 Å². The van der Waals surface area contributed by atoms with Gasteiger partial charge in [0.2, 0.25) is 5.91 Å². The lowest BCUT2D eigenvalue weighted by Gasteiger charge is -2.34. The molecule has 1 aromatic rings. The highest BCUT2D eigenvalue weighted by molar-refractivity contribution is 5.79. The number of nitrogens with zero attached hydrogens (tertiary/aromatic N) is 1. The van der Waals surface area contributed by atoms with Crippen LogP contribution in [-0.2, 0) is 11.3 Å². The van der Waals surface area contributed by atoms with Gasteiger partial charge in [-0.3, -0.25) is 4.79 Å². The number of hydrogen-bond donors (Lipinski definition) is 1. The molecule has 0 aliphatic carbocycles. The van der Waals surface area contributed by atoms with Gasteiger partial charge in [-0.25, -0.2) is 4.39 Å². The van der Waals surface area contributed by atoms with Crippen LogP contribution in [0.5, 0.6) is 0 Å². The molecular weight excluding hydrogens is 279 g/mol. The number of carbonyl (C=O) groups is 1. The van der Waals surface area contributed by atoms with E-state index in [9.17, 15) is 9.18 Å². The molecule has 2 heterocycles. The molecule has 3 nitrogen and oxygen atoms in total. The summed E-state index contributed by atoms with van der Waals surface area (Å²) in [6.45, 7) is 4.68. The first kappa shape index (κ1) is 15.5. The number of benzene rings is 1. The second-order valence-electron chi connectivity index (χ2n) is 6.74. The molecule has 0 bridgehead atoms. The molecular formula is C18H26FN2O+. The van der Waals surface area contributed by atoms with Gasteiger partial charge in [-0.1, -0.05) is 12.1 Å². The summed E-state index contributed by atoms with van der Waals surface area (Å²) >= 11 is 0. The number of rotatable bonds is 3. The van der Waals surface area contributed by atoms with Crippen molar-refractivity contribution in [2.24, 2.45) is 5.92 Å². The highest BCUT2D eigenvalue weighted by Crippen LogP contribution is 2.16. The molecule has 0 aromatic heterocycles. The Labute approximate surface area is 132 Å². The number of halogens is 1. The quantitative estimate of drug-likeness (QED) is 0.902. The zero-order chi connectivity index (χ0) is 15.4. The van der Waals surface area contributed by atoms with Gasteiger partial charge in [0.05, 0.1) is 19.0 Å².